The molecule has 0 saturated carbocycles. The van der Waals surface area contributed by atoms with Crippen molar-refractivity contribution in [1.29, 1.82) is 0 Å². The van der Waals surface area contributed by atoms with E-state index < -0.39 is 16.8 Å². The molecule has 0 aliphatic rings. The van der Waals surface area contributed by atoms with Crippen LogP contribution < -0.4 is 0 Å². The largest absolute Gasteiger partial charge is 0.320 e. The molecule has 200 valence electrons. The predicted molar refractivity (Wildman–Crippen MR) is 158 cm³/mol. The standard InChI is InChI=1S/C28H65N3Si2/c1-18-19-20-29(32(25(10)11,26(12)13)30(21(2)3)22(4)5)33(27(14)15,28(16)17)31(23(6)7)24(8)9/h21-28H,18-20H2,1-17H3. The lowest BCUT2D eigenvalue weighted by atomic mass is 10.3. The van der Waals surface area contributed by atoms with Crippen LogP contribution in [0.1, 0.15) is 131 Å². The third-order valence-corrected chi connectivity index (χ3v) is 22.9. The highest BCUT2D eigenvalue weighted by Crippen LogP contribution is 2.50. The Balaban J connectivity index is 7.84. The molecule has 0 atom stereocenters. The van der Waals surface area contributed by atoms with Crippen LogP contribution in [0.2, 0.25) is 22.2 Å². The minimum atomic E-state index is -2.10. The Kier molecular flexibility index (Phi) is 13.7. The van der Waals surface area contributed by atoms with Gasteiger partial charge in [0.1, 0.15) is 0 Å². The fourth-order valence-corrected chi connectivity index (χ4v) is 26.4. The Morgan fingerprint density at radius 1 is 0.455 bits per heavy atom. The fourth-order valence-electron chi connectivity index (χ4n) is 7.86. The van der Waals surface area contributed by atoms with Crippen molar-refractivity contribution < 1.29 is 0 Å². The van der Waals surface area contributed by atoms with Gasteiger partial charge < -0.3 is 13.4 Å². The molecular weight excluding hydrogens is 435 g/mol. The monoisotopic (exact) mass is 499 g/mol. The Morgan fingerprint density at radius 3 is 0.848 bits per heavy atom. The Labute approximate surface area is 213 Å². The Bertz CT molecular complexity index is 465. The third-order valence-electron chi connectivity index (χ3n) is 8.05. The van der Waals surface area contributed by atoms with E-state index >= 15 is 0 Å². The van der Waals surface area contributed by atoms with E-state index in [0.29, 0.717) is 46.3 Å². The van der Waals surface area contributed by atoms with Gasteiger partial charge in [0, 0.05) is 0 Å². The molecular formula is C28H65N3Si2. The number of hydrogen-bond acceptors (Lipinski definition) is 3. The molecule has 0 amide bonds. The average Bonchev–Trinajstić information content (AvgIpc) is 2.62. The summed E-state index contributed by atoms with van der Waals surface area (Å²) in [5.41, 5.74) is 2.68. The van der Waals surface area contributed by atoms with E-state index in [1.807, 2.05) is 0 Å². The van der Waals surface area contributed by atoms with E-state index in [1.54, 1.807) is 0 Å². The van der Waals surface area contributed by atoms with Crippen molar-refractivity contribution in [2.24, 2.45) is 0 Å². The van der Waals surface area contributed by atoms with E-state index in [-0.39, 0.29) is 0 Å². The van der Waals surface area contributed by atoms with Gasteiger partial charge in [-0.2, -0.15) is 0 Å². The molecule has 0 aromatic heterocycles. The van der Waals surface area contributed by atoms with Gasteiger partial charge in [0.05, 0.1) is 0 Å². The zero-order valence-corrected chi connectivity index (χ0v) is 28.1. The van der Waals surface area contributed by atoms with Crippen LogP contribution in [0.15, 0.2) is 0 Å². The van der Waals surface area contributed by atoms with Crippen LogP contribution in [0, 0.1) is 0 Å². The summed E-state index contributed by atoms with van der Waals surface area (Å²) in [7, 11) is -4.20. The summed E-state index contributed by atoms with van der Waals surface area (Å²) < 4.78 is 9.42. The van der Waals surface area contributed by atoms with Crippen molar-refractivity contribution >= 4 is 16.8 Å². The van der Waals surface area contributed by atoms with Crippen LogP contribution in [0.3, 0.4) is 0 Å². The lowest BCUT2D eigenvalue weighted by molar-refractivity contribution is 0.219. The molecule has 0 saturated heterocycles. The molecule has 0 N–H and O–H groups in total. The maximum atomic E-state index is 3.33. The minimum absolute atomic E-state index is 0.558. The fraction of sp³-hybridized carbons (Fsp3) is 1.00. The van der Waals surface area contributed by atoms with E-state index in [9.17, 15) is 0 Å². The predicted octanol–water partition coefficient (Wildman–Crippen LogP) is 8.85. The minimum Gasteiger partial charge on any atom is -0.320 e. The first-order valence-electron chi connectivity index (χ1n) is 14.3. The zero-order valence-electron chi connectivity index (χ0n) is 26.1. The second kappa shape index (κ2) is 13.6. The second-order valence-corrected chi connectivity index (χ2v) is 23.2. The van der Waals surface area contributed by atoms with Crippen LogP contribution in [-0.4, -0.2) is 60.9 Å². The lowest BCUT2D eigenvalue weighted by Gasteiger charge is -2.67. The number of nitrogens with zero attached hydrogens (tertiary/aromatic N) is 3. The molecule has 0 aromatic rings. The summed E-state index contributed by atoms with van der Waals surface area (Å²) in [6.45, 7) is 43.9. The summed E-state index contributed by atoms with van der Waals surface area (Å²) in [6.07, 6.45) is 2.57. The van der Waals surface area contributed by atoms with Crippen LogP contribution >= 0.6 is 0 Å². The molecule has 0 unspecified atom stereocenters. The SMILES string of the molecule is CCCCN([Si](C(C)C)(C(C)C)N(C(C)C)C(C)C)[Si](C(C)C)(C(C)C)N(C(C)C)C(C)C. The Morgan fingerprint density at radius 2 is 0.697 bits per heavy atom. The summed E-state index contributed by atoms with van der Waals surface area (Å²) in [6, 6.07) is 2.23. The summed E-state index contributed by atoms with van der Waals surface area (Å²) >= 11 is 0. The molecule has 3 nitrogen and oxygen atoms in total. The molecule has 0 aliphatic heterocycles. The first-order chi connectivity index (χ1) is 15.0. The maximum Gasteiger partial charge on any atom is 0.206 e. The summed E-state index contributed by atoms with van der Waals surface area (Å²) in [4.78, 5) is 0. The van der Waals surface area contributed by atoms with Crippen LogP contribution in [0.25, 0.3) is 0 Å². The van der Waals surface area contributed by atoms with Crippen molar-refractivity contribution in [3.05, 3.63) is 0 Å². The van der Waals surface area contributed by atoms with E-state index in [1.165, 1.54) is 19.4 Å². The normalized spacial score (nSPS) is 14.5. The molecule has 0 bridgehead atoms. The number of hydrogen-bond donors (Lipinski definition) is 0. The molecule has 0 fully saturated rings. The molecule has 0 spiro atoms. The molecule has 0 aliphatic carbocycles. The van der Waals surface area contributed by atoms with E-state index in [4.69, 9.17) is 0 Å². The van der Waals surface area contributed by atoms with Crippen molar-refractivity contribution in [2.45, 2.75) is 177 Å². The van der Waals surface area contributed by atoms with Gasteiger partial charge in [-0.05, 0) is 59.3 Å². The molecule has 33 heavy (non-hydrogen) atoms. The average molecular weight is 500 g/mol. The van der Waals surface area contributed by atoms with Gasteiger partial charge in [-0.3, -0.25) is 0 Å². The number of unbranched alkanes of at least 4 members (excludes halogenated alkanes) is 1. The highest BCUT2D eigenvalue weighted by molar-refractivity contribution is 6.92. The maximum absolute atomic E-state index is 3.33. The van der Waals surface area contributed by atoms with Crippen molar-refractivity contribution in [2.75, 3.05) is 6.54 Å². The van der Waals surface area contributed by atoms with Gasteiger partial charge in [0.15, 0.2) is 0 Å². The van der Waals surface area contributed by atoms with E-state index in [2.05, 4.69) is 131 Å². The lowest BCUT2D eigenvalue weighted by Crippen LogP contribution is -2.84. The molecule has 0 heterocycles. The second-order valence-electron chi connectivity index (χ2n) is 12.9. The van der Waals surface area contributed by atoms with Crippen LogP contribution in [0.4, 0.5) is 0 Å². The first-order valence-corrected chi connectivity index (χ1v) is 18.4. The first kappa shape index (κ1) is 33.3. The molecule has 0 radical (unpaired) electrons. The highest BCUT2D eigenvalue weighted by Gasteiger charge is 2.63. The molecule has 5 heteroatoms. The third kappa shape index (κ3) is 6.36. The topological polar surface area (TPSA) is 9.72 Å². The van der Waals surface area contributed by atoms with Gasteiger partial charge in [-0.15, -0.1) is 0 Å². The zero-order chi connectivity index (χ0) is 26.5. The van der Waals surface area contributed by atoms with Crippen LogP contribution in [-0.2, 0) is 0 Å². The quantitative estimate of drug-likeness (QED) is 0.208. The summed E-state index contributed by atoms with van der Waals surface area (Å²) in [5, 5.41) is 0. The Hall–Kier alpha value is 0.314. The molecule has 0 aromatic carbocycles. The summed E-state index contributed by atoms with van der Waals surface area (Å²) in [5.74, 6) is 0. The van der Waals surface area contributed by atoms with Gasteiger partial charge in [-0.1, -0.05) is 124 Å². The van der Waals surface area contributed by atoms with Gasteiger partial charge >= 0.3 is 0 Å². The smallest absolute Gasteiger partial charge is 0.206 e. The van der Waals surface area contributed by atoms with Crippen LogP contribution in [0.5, 0.6) is 0 Å². The molecule has 0 rings (SSSR count). The number of rotatable bonds is 15. The van der Waals surface area contributed by atoms with Gasteiger partial charge in [0.25, 0.3) is 0 Å². The van der Waals surface area contributed by atoms with Crippen molar-refractivity contribution in [1.82, 2.24) is 13.4 Å². The highest BCUT2D eigenvalue weighted by atomic mass is 28.4. The van der Waals surface area contributed by atoms with Gasteiger partial charge in [0.2, 0.25) is 16.8 Å². The van der Waals surface area contributed by atoms with Crippen molar-refractivity contribution in [3.63, 3.8) is 0 Å². The van der Waals surface area contributed by atoms with E-state index in [0.717, 1.165) is 0 Å². The van der Waals surface area contributed by atoms with Crippen molar-refractivity contribution in [3.8, 4) is 0 Å². The van der Waals surface area contributed by atoms with Gasteiger partial charge in [-0.25, -0.2) is 0 Å².